The van der Waals surface area contributed by atoms with Crippen molar-refractivity contribution in [3.63, 3.8) is 0 Å². The van der Waals surface area contributed by atoms with E-state index in [1.165, 1.54) is 13.2 Å². The summed E-state index contributed by atoms with van der Waals surface area (Å²) in [5, 5.41) is 2.85. The Hall–Kier alpha value is -0.450. The number of rotatable bonds is 3. The van der Waals surface area contributed by atoms with Crippen molar-refractivity contribution in [1.82, 2.24) is 5.32 Å². The first-order valence-corrected chi connectivity index (χ1v) is 4.63. The predicted octanol–water partition coefficient (Wildman–Crippen LogP) is 2.45. The van der Waals surface area contributed by atoms with Crippen LogP contribution in [-0.2, 0) is 4.74 Å². The normalized spacial score (nSPS) is 12.9. The third-order valence-electron chi connectivity index (χ3n) is 1.74. The minimum atomic E-state index is -0.405. The summed E-state index contributed by atoms with van der Waals surface area (Å²) in [4.78, 5) is 0. The molecule has 1 N–H and O–H groups in total. The van der Waals surface area contributed by atoms with Gasteiger partial charge in [0.1, 0.15) is 12.0 Å². The van der Waals surface area contributed by atoms with Crippen LogP contribution in [0, 0.1) is 5.82 Å². The maximum absolute atomic E-state index is 13.3. The van der Waals surface area contributed by atoms with E-state index in [4.69, 9.17) is 4.74 Å². The van der Waals surface area contributed by atoms with Gasteiger partial charge in [-0.25, -0.2) is 4.39 Å². The molecule has 0 saturated heterocycles. The lowest BCUT2D eigenvalue weighted by Crippen LogP contribution is -2.19. The maximum atomic E-state index is 13.3. The molecule has 0 heterocycles. The van der Waals surface area contributed by atoms with Crippen molar-refractivity contribution in [2.75, 3.05) is 14.2 Å². The van der Waals surface area contributed by atoms with Crippen LogP contribution in [0.4, 0.5) is 4.39 Å². The van der Waals surface area contributed by atoms with E-state index in [2.05, 4.69) is 21.2 Å². The molecule has 1 unspecified atom stereocenters. The van der Waals surface area contributed by atoms with Gasteiger partial charge in [-0.2, -0.15) is 0 Å². The van der Waals surface area contributed by atoms with Crippen molar-refractivity contribution in [3.8, 4) is 0 Å². The molecule has 0 aliphatic rings. The van der Waals surface area contributed by atoms with Gasteiger partial charge < -0.3 is 4.74 Å². The fraction of sp³-hybridized carbons (Fsp3) is 0.333. The summed E-state index contributed by atoms with van der Waals surface area (Å²) in [6.45, 7) is 0. The minimum absolute atomic E-state index is 0.274. The van der Waals surface area contributed by atoms with E-state index in [1.807, 2.05) is 0 Å². The second kappa shape index (κ2) is 4.69. The highest BCUT2D eigenvalue weighted by Crippen LogP contribution is 2.21. The van der Waals surface area contributed by atoms with Gasteiger partial charge >= 0.3 is 0 Å². The Morgan fingerprint density at radius 2 is 2.23 bits per heavy atom. The van der Waals surface area contributed by atoms with Gasteiger partial charge in [0.15, 0.2) is 0 Å². The first-order valence-electron chi connectivity index (χ1n) is 3.84. The van der Waals surface area contributed by atoms with Crippen LogP contribution in [0.25, 0.3) is 0 Å². The summed E-state index contributed by atoms with van der Waals surface area (Å²) in [7, 11) is 3.25. The van der Waals surface area contributed by atoms with Crippen molar-refractivity contribution in [2.24, 2.45) is 0 Å². The van der Waals surface area contributed by atoms with Gasteiger partial charge in [-0.05, 0) is 25.2 Å². The van der Waals surface area contributed by atoms with Crippen LogP contribution in [0.5, 0.6) is 0 Å². The van der Waals surface area contributed by atoms with Gasteiger partial charge in [-0.1, -0.05) is 15.9 Å². The monoisotopic (exact) mass is 247 g/mol. The zero-order valence-electron chi connectivity index (χ0n) is 7.47. The molecule has 0 bridgehead atoms. The molecule has 2 nitrogen and oxygen atoms in total. The first kappa shape index (κ1) is 10.6. The summed E-state index contributed by atoms with van der Waals surface area (Å²) in [5.41, 5.74) is 0.499. The third-order valence-corrected chi connectivity index (χ3v) is 2.23. The fourth-order valence-corrected chi connectivity index (χ4v) is 1.49. The lowest BCUT2D eigenvalue weighted by Gasteiger charge is -2.15. The number of hydrogen-bond acceptors (Lipinski definition) is 2. The summed E-state index contributed by atoms with van der Waals surface area (Å²) in [5.74, 6) is -0.274. The van der Waals surface area contributed by atoms with Crippen molar-refractivity contribution >= 4 is 15.9 Å². The van der Waals surface area contributed by atoms with Crippen LogP contribution >= 0.6 is 15.9 Å². The van der Waals surface area contributed by atoms with E-state index >= 15 is 0 Å². The lowest BCUT2D eigenvalue weighted by molar-refractivity contribution is 0.0777. The minimum Gasteiger partial charge on any atom is -0.362 e. The van der Waals surface area contributed by atoms with Gasteiger partial charge in [0, 0.05) is 17.1 Å². The lowest BCUT2D eigenvalue weighted by atomic mass is 10.2. The van der Waals surface area contributed by atoms with Gasteiger partial charge in [0.2, 0.25) is 0 Å². The van der Waals surface area contributed by atoms with Crippen molar-refractivity contribution in [3.05, 3.63) is 34.1 Å². The standard InChI is InChI=1S/C9H11BrFNO/c1-12-9(13-2)7-5-6(10)3-4-8(7)11/h3-5,9,12H,1-2H3. The Labute approximate surface area is 85.2 Å². The Balaban J connectivity index is 3.03. The molecule has 4 heteroatoms. The number of methoxy groups -OCH3 is 1. The number of hydrogen-bond donors (Lipinski definition) is 1. The topological polar surface area (TPSA) is 21.3 Å². The molecular formula is C9H11BrFNO. The van der Waals surface area contributed by atoms with Gasteiger partial charge in [0.05, 0.1) is 0 Å². The van der Waals surface area contributed by atoms with Crippen LogP contribution < -0.4 is 5.32 Å². The summed E-state index contributed by atoms with van der Waals surface area (Å²) < 4.78 is 19.1. The van der Waals surface area contributed by atoms with Gasteiger partial charge in [-0.15, -0.1) is 0 Å². The molecule has 0 aliphatic carbocycles. The molecule has 0 radical (unpaired) electrons. The Kier molecular flexibility index (Phi) is 3.84. The van der Waals surface area contributed by atoms with E-state index in [0.717, 1.165) is 4.47 Å². The third kappa shape index (κ3) is 2.49. The quantitative estimate of drug-likeness (QED) is 0.829. The molecule has 0 aliphatic heterocycles. The van der Waals surface area contributed by atoms with E-state index < -0.39 is 6.23 Å². The SMILES string of the molecule is CNC(OC)c1cc(Br)ccc1F. The molecule has 1 rings (SSSR count). The fourth-order valence-electron chi connectivity index (χ4n) is 1.12. The Bertz CT molecular complexity index is 289. The highest BCUT2D eigenvalue weighted by Gasteiger charge is 2.12. The molecule has 0 saturated carbocycles. The van der Waals surface area contributed by atoms with E-state index in [1.54, 1.807) is 19.2 Å². The molecule has 0 amide bonds. The molecule has 72 valence electrons. The first-order chi connectivity index (χ1) is 6.19. The van der Waals surface area contributed by atoms with E-state index in [9.17, 15) is 4.39 Å². The largest absolute Gasteiger partial charge is 0.362 e. The average molecular weight is 248 g/mol. The summed E-state index contributed by atoms with van der Waals surface area (Å²) in [6, 6.07) is 4.75. The number of nitrogens with one attached hydrogen (secondary N) is 1. The molecule has 0 fully saturated rings. The second-order valence-corrected chi connectivity index (χ2v) is 3.49. The predicted molar refractivity (Wildman–Crippen MR) is 52.9 cm³/mol. The van der Waals surface area contributed by atoms with Crippen LogP contribution in [0.15, 0.2) is 22.7 Å². The highest BCUT2D eigenvalue weighted by molar-refractivity contribution is 9.10. The molecule has 1 aromatic rings. The summed E-state index contributed by atoms with van der Waals surface area (Å²) >= 11 is 3.27. The molecule has 13 heavy (non-hydrogen) atoms. The van der Waals surface area contributed by atoms with Crippen molar-refractivity contribution < 1.29 is 9.13 Å². The van der Waals surface area contributed by atoms with Crippen LogP contribution in [0.1, 0.15) is 11.8 Å². The molecular weight excluding hydrogens is 237 g/mol. The van der Waals surface area contributed by atoms with Crippen LogP contribution in [0.3, 0.4) is 0 Å². The smallest absolute Gasteiger partial charge is 0.136 e. The molecule has 1 atom stereocenters. The van der Waals surface area contributed by atoms with Crippen molar-refractivity contribution in [1.29, 1.82) is 0 Å². The molecule has 0 aromatic heterocycles. The zero-order valence-corrected chi connectivity index (χ0v) is 9.06. The van der Waals surface area contributed by atoms with E-state index in [-0.39, 0.29) is 5.82 Å². The number of benzene rings is 1. The highest BCUT2D eigenvalue weighted by atomic mass is 79.9. The van der Waals surface area contributed by atoms with Crippen LogP contribution in [0.2, 0.25) is 0 Å². The van der Waals surface area contributed by atoms with Gasteiger partial charge in [0.25, 0.3) is 0 Å². The van der Waals surface area contributed by atoms with E-state index in [0.29, 0.717) is 5.56 Å². The van der Waals surface area contributed by atoms with Gasteiger partial charge in [-0.3, -0.25) is 5.32 Å². The van der Waals surface area contributed by atoms with Crippen molar-refractivity contribution in [2.45, 2.75) is 6.23 Å². The Morgan fingerprint density at radius 3 is 2.77 bits per heavy atom. The molecule has 0 spiro atoms. The Morgan fingerprint density at radius 1 is 1.54 bits per heavy atom. The number of ether oxygens (including phenoxy) is 1. The average Bonchev–Trinajstić information content (AvgIpc) is 2.13. The number of halogens is 2. The van der Waals surface area contributed by atoms with Crippen LogP contribution in [-0.4, -0.2) is 14.2 Å². The zero-order chi connectivity index (χ0) is 9.84. The summed E-state index contributed by atoms with van der Waals surface area (Å²) in [6.07, 6.45) is -0.405. The maximum Gasteiger partial charge on any atom is 0.136 e. The molecule has 1 aromatic carbocycles. The second-order valence-electron chi connectivity index (χ2n) is 2.57.